The number of hydrogen-bond donors (Lipinski definition) is 1. The van der Waals surface area contributed by atoms with Gasteiger partial charge in [-0.1, -0.05) is 29.8 Å². The highest BCUT2D eigenvalue weighted by Crippen LogP contribution is 2.37. The summed E-state index contributed by atoms with van der Waals surface area (Å²) in [5.74, 6) is 0.936. The molecule has 1 heterocycles. The average Bonchev–Trinajstić information content (AvgIpc) is 2.66. The van der Waals surface area contributed by atoms with E-state index in [0.29, 0.717) is 12.0 Å². The van der Waals surface area contributed by atoms with Gasteiger partial charge in [0, 0.05) is 19.6 Å². The Labute approximate surface area is 115 Å². The van der Waals surface area contributed by atoms with Crippen molar-refractivity contribution in [2.24, 2.45) is 0 Å². The van der Waals surface area contributed by atoms with E-state index in [-0.39, 0.29) is 11.9 Å². The molecule has 2 aliphatic rings. The summed E-state index contributed by atoms with van der Waals surface area (Å²) >= 11 is 0. The minimum atomic E-state index is 0.0639. The molecule has 102 valence electrons. The van der Waals surface area contributed by atoms with E-state index < -0.39 is 0 Å². The van der Waals surface area contributed by atoms with Gasteiger partial charge in [0.05, 0.1) is 6.04 Å². The normalized spacial score (nSPS) is 30.5. The molecule has 1 amide bonds. The number of amides is 1. The first-order valence-corrected chi connectivity index (χ1v) is 7.21. The van der Waals surface area contributed by atoms with E-state index in [2.05, 4.69) is 36.5 Å². The van der Waals surface area contributed by atoms with Gasteiger partial charge in [0.25, 0.3) is 0 Å². The maximum absolute atomic E-state index is 11.8. The second-order valence-corrected chi connectivity index (χ2v) is 6.04. The SMILES string of the molecule is Cc1ccc(C2CC(NC3CCN(C)C3=O)C2)cc1. The van der Waals surface area contributed by atoms with Crippen LogP contribution in [0, 0.1) is 6.92 Å². The fraction of sp³-hybridized carbons (Fsp3) is 0.562. The molecule has 0 radical (unpaired) electrons. The standard InChI is InChI=1S/C16H22N2O/c1-11-3-5-12(6-4-11)13-9-14(10-13)17-15-7-8-18(2)16(15)19/h3-6,13-15,17H,7-10H2,1-2H3. The largest absolute Gasteiger partial charge is 0.344 e. The van der Waals surface area contributed by atoms with Gasteiger partial charge in [-0.3, -0.25) is 4.79 Å². The number of nitrogens with one attached hydrogen (secondary N) is 1. The third-order valence-electron chi connectivity index (χ3n) is 4.55. The molecule has 1 saturated heterocycles. The molecule has 3 heteroatoms. The van der Waals surface area contributed by atoms with Crippen LogP contribution in [0.2, 0.25) is 0 Å². The molecule has 2 fully saturated rings. The van der Waals surface area contributed by atoms with Crippen LogP contribution in [0.4, 0.5) is 0 Å². The van der Waals surface area contributed by atoms with Crippen molar-refractivity contribution in [2.75, 3.05) is 13.6 Å². The van der Waals surface area contributed by atoms with Gasteiger partial charge in [-0.05, 0) is 37.7 Å². The molecule has 0 bridgehead atoms. The van der Waals surface area contributed by atoms with Crippen LogP contribution in [-0.4, -0.2) is 36.5 Å². The van der Waals surface area contributed by atoms with Crippen molar-refractivity contribution in [1.82, 2.24) is 10.2 Å². The summed E-state index contributed by atoms with van der Waals surface area (Å²) in [6.07, 6.45) is 3.29. The van der Waals surface area contributed by atoms with Gasteiger partial charge < -0.3 is 10.2 Å². The molecule has 0 spiro atoms. The number of carbonyl (C=O) groups excluding carboxylic acids is 1. The lowest BCUT2D eigenvalue weighted by atomic mass is 9.75. The van der Waals surface area contributed by atoms with E-state index in [1.54, 1.807) is 0 Å². The Hall–Kier alpha value is -1.35. The maximum Gasteiger partial charge on any atom is 0.239 e. The Bertz CT molecular complexity index is 462. The Balaban J connectivity index is 1.50. The van der Waals surface area contributed by atoms with Crippen LogP contribution >= 0.6 is 0 Å². The number of rotatable bonds is 3. The van der Waals surface area contributed by atoms with Gasteiger partial charge >= 0.3 is 0 Å². The number of nitrogens with zero attached hydrogens (tertiary/aromatic N) is 1. The van der Waals surface area contributed by atoms with Crippen LogP contribution in [0.3, 0.4) is 0 Å². The highest BCUT2D eigenvalue weighted by Gasteiger charge is 2.36. The lowest BCUT2D eigenvalue weighted by Crippen LogP contribution is -2.48. The van der Waals surface area contributed by atoms with E-state index >= 15 is 0 Å². The summed E-state index contributed by atoms with van der Waals surface area (Å²) in [5, 5.41) is 3.52. The van der Waals surface area contributed by atoms with Gasteiger partial charge in [-0.15, -0.1) is 0 Å². The van der Waals surface area contributed by atoms with Crippen LogP contribution in [0.1, 0.15) is 36.3 Å². The van der Waals surface area contributed by atoms with E-state index in [9.17, 15) is 4.79 Å². The molecule has 1 aliphatic heterocycles. The smallest absolute Gasteiger partial charge is 0.239 e. The molecule has 3 rings (SSSR count). The van der Waals surface area contributed by atoms with Crippen molar-refractivity contribution in [3.63, 3.8) is 0 Å². The second-order valence-electron chi connectivity index (χ2n) is 6.04. The van der Waals surface area contributed by atoms with Crippen LogP contribution < -0.4 is 5.32 Å². The molecule has 1 N–H and O–H groups in total. The molecule has 1 atom stereocenters. The topological polar surface area (TPSA) is 32.3 Å². The number of likely N-dealkylation sites (N-methyl/N-ethyl adjacent to an activating group) is 1. The summed E-state index contributed by atoms with van der Waals surface area (Å²) in [6, 6.07) is 9.44. The van der Waals surface area contributed by atoms with Gasteiger partial charge in [0.1, 0.15) is 0 Å². The molecular formula is C16H22N2O. The van der Waals surface area contributed by atoms with Crippen molar-refractivity contribution >= 4 is 5.91 Å². The average molecular weight is 258 g/mol. The molecule has 1 aliphatic carbocycles. The van der Waals surface area contributed by atoms with E-state index in [0.717, 1.165) is 25.8 Å². The molecule has 19 heavy (non-hydrogen) atoms. The zero-order valence-corrected chi connectivity index (χ0v) is 11.7. The fourth-order valence-electron chi connectivity index (χ4n) is 3.13. The molecule has 3 nitrogen and oxygen atoms in total. The fourth-order valence-corrected chi connectivity index (χ4v) is 3.13. The molecule has 1 aromatic carbocycles. The lowest BCUT2D eigenvalue weighted by molar-refractivity contribution is -0.128. The van der Waals surface area contributed by atoms with E-state index in [1.165, 1.54) is 11.1 Å². The number of benzene rings is 1. The Morgan fingerprint density at radius 2 is 1.89 bits per heavy atom. The van der Waals surface area contributed by atoms with Crippen molar-refractivity contribution in [1.29, 1.82) is 0 Å². The van der Waals surface area contributed by atoms with Crippen LogP contribution in [0.15, 0.2) is 24.3 Å². The summed E-state index contributed by atoms with van der Waals surface area (Å²) in [6.45, 7) is 3.02. The molecule has 1 unspecified atom stereocenters. The Morgan fingerprint density at radius 3 is 2.47 bits per heavy atom. The van der Waals surface area contributed by atoms with Crippen molar-refractivity contribution in [2.45, 2.75) is 44.2 Å². The van der Waals surface area contributed by atoms with Crippen LogP contribution in [0.5, 0.6) is 0 Å². The monoisotopic (exact) mass is 258 g/mol. The minimum absolute atomic E-state index is 0.0639. The van der Waals surface area contributed by atoms with Crippen molar-refractivity contribution < 1.29 is 4.79 Å². The summed E-state index contributed by atoms with van der Waals surface area (Å²) in [4.78, 5) is 13.7. The quantitative estimate of drug-likeness (QED) is 0.900. The zero-order chi connectivity index (χ0) is 13.4. The second kappa shape index (κ2) is 4.97. The lowest BCUT2D eigenvalue weighted by Gasteiger charge is -2.37. The molecule has 0 aromatic heterocycles. The number of aryl methyl sites for hydroxylation is 1. The van der Waals surface area contributed by atoms with E-state index in [4.69, 9.17) is 0 Å². The summed E-state index contributed by atoms with van der Waals surface area (Å²) in [5.41, 5.74) is 2.76. The minimum Gasteiger partial charge on any atom is -0.344 e. The molecule has 1 saturated carbocycles. The first-order valence-electron chi connectivity index (χ1n) is 7.21. The number of likely N-dealkylation sites (tertiary alicyclic amines) is 1. The maximum atomic E-state index is 11.8. The molecule has 1 aromatic rings. The highest BCUT2D eigenvalue weighted by atomic mass is 16.2. The van der Waals surface area contributed by atoms with Gasteiger partial charge in [-0.25, -0.2) is 0 Å². The van der Waals surface area contributed by atoms with Crippen LogP contribution in [-0.2, 0) is 4.79 Å². The van der Waals surface area contributed by atoms with Gasteiger partial charge in [0.15, 0.2) is 0 Å². The first kappa shape index (κ1) is 12.7. The summed E-state index contributed by atoms with van der Waals surface area (Å²) < 4.78 is 0. The van der Waals surface area contributed by atoms with Crippen molar-refractivity contribution in [3.8, 4) is 0 Å². The van der Waals surface area contributed by atoms with Crippen molar-refractivity contribution in [3.05, 3.63) is 35.4 Å². The predicted molar refractivity (Wildman–Crippen MR) is 76.1 cm³/mol. The third-order valence-corrected chi connectivity index (χ3v) is 4.55. The third kappa shape index (κ3) is 2.52. The number of hydrogen-bond acceptors (Lipinski definition) is 2. The van der Waals surface area contributed by atoms with Gasteiger partial charge in [-0.2, -0.15) is 0 Å². The van der Waals surface area contributed by atoms with Crippen LogP contribution in [0.25, 0.3) is 0 Å². The van der Waals surface area contributed by atoms with E-state index in [1.807, 2.05) is 11.9 Å². The first-order chi connectivity index (χ1) is 9.13. The highest BCUT2D eigenvalue weighted by molar-refractivity contribution is 5.83. The van der Waals surface area contributed by atoms with Gasteiger partial charge in [0.2, 0.25) is 5.91 Å². The molecular weight excluding hydrogens is 236 g/mol. The Kier molecular flexibility index (Phi) is 3.31. The number of carbonyl (C=O) groups is 1. The zero-order valence-electron chi connectivity index (χ0n) is 11.7. The Morgan fingerprint density at radius 1 is 1.21 bits per heavy atom. The predicted octanol–water partition coefficient (Wildman–Crippen LogP) is 2.06. The summed E-state index contributed by atoms with van der Waals surface area (Å²) in [7, 11) is 1.89.